The number of aliphatic carboxylic acids is 1. The molecule has 2 heterocycles. The second kappa shape index (κ2) is 5.75. The molecule has 0 bridgehead atoms. The molecule has 0 aromatic carbocycles. The van der Waals surface area contributed by atoms with Gasteiger partial charge in [-0.3, -0.25) is 0 Å². The summed E-state index contributed by atoms with van der Waals surface area (Å²) >= 11 is 0. The maximum atomic E-state index is 12.3. The molecule has 0 spiro atoms. The fourth-order valence-corrected chi connectivity index (χ4v) is 2.42. The predicted molar refractivity (Wildman–Crippen MR) is 65.9 cm³/mol. The lowest BCUT2D eigenvalue weighted by Crippen LogP contribution is -2.61. The third-order valence-electron chi connectivity index (χ3n) is 3.74. The topological polar surface area (TPSA) is 88.1 Å². The summed E-state index contributed by atoms with van der Waals surface area (Å²) in [6, 6.07) is -0.343. The van der Waals surface area contributed by atoms with Crippen molar-refractivity contribution in [2.24, 2.45) is 0 Å². The van der Waals surface area contributed by atoms with Gasteiger partial charge in [-0.2, -0.15) is 0 Å². The van der Waals surface area contributed by atoms with Crippen molar-refractivity contribution in [3.8, 4) is 0 Å². The molecule has 0 radical (unpaired) electrons. The average molecular weight is 272 g/mol. The molecule has 2 saturated heterocycles. The zero-order chi connectivity index (χ0) is 13.9. The van der Waals surface area contributed by atoms with E-state index in [0.717, 1.165) is 6.42 Å². The van der Waals surface area contributed by atoms with Crippen LogP contribution in [0.2, 0.25) is 0 Å². The molecule has 0 aromatic rings. The summed E-state index contributed by atoms with van der Waals surface area (Å²) in [5.41, 5.74) is -1.28. The van der Waals surface area contributed by atoms with Crippen LogP contribution in [0.1, 0.15) is 19.8 Å². The molecule has 2 amide bonds. The Hall–Kier alpha value is -1.34. The largest absolute Gasteiger partial charge is 0.479 e. The van der Waals surface area contributed by atoms with Gasteiger partial charge in [0, 0.05) is 19.6 Å². The molecule has 2 unspecified atom stereocenters. The molecule has 2 fully saturated rings. The highest BCUT2D eigenvalue weighted by molar-refractivity contribution is 5.87. The van der Waals surface area contributed by atoms with Gasteiger partial charge in [-0.25, -0.2) is 9.59 Å². The first-order valence-electron chi connectivity index (χ1n) is 6.57. The van der Waals surface area contributed by atoms with E-state index >= 15 is 0 Å². The lowest BCUT2D eigenvalue weighted by atomic mass is 9.99. The van der Waals surface area contributed by atoms with Crippen LogP contribution in [0, 0.1) is 0 Å². The summed E-state index contributed by atoms with van der Waals surface area (Å²) < 4.78 is 10.5. The number of amides is 2. The first kappa shape index (κ1) is 14.1. The van der Waals surface area contributed by atoms with Crippen LogP contribution in [0.4, 0.5) is 4.79 Å². The highest BCUT2D eigenvalue weighted by Gasteiger charge is 2.45. The summed E-state index contributed by atoms with van der Waals surface area (Å²) in [7, 11) is 0. The van der Waals surface area contributed by atoms with Crippen LogP contribution in [0.15, 0.2) is 0 Å². The maximum Gasteiger partial charge on any atom is 0.332 e. The number of carboxylic acid groups (broad SMARTS) is 1. The molecule has 2 rings (SSSR count). The zero-order valence-electron chi connectivity index (χ0n) is 11.1. The molecule has 2 N–H and O–H groups in total. The number of hydrogen-bond donors (Lipinski definition) is 2. The summed E-state index contributed by atoms with van der Waals surface area (Å²) in [5.74, 6) is -1.04. The lowest BCUT2D eigenvalue weighted by molar-refractivity contribution is -0.144. The Kier molecular flexibility index (Phi) is 4.26. The van der Waals surface area contributed by atoms with Gasteiger partial charge < -0.3 is 24.8 Å². The van der Waals surface area contributed by atoms with Crippen LogP contribution >= 0.6 is 0 Å². The Bertz CT molecular complexity index is 354. The van der Waals surface area contributed by atoms with E-state index in [1.54, 1.807) is 4.90 Å². The number of carboxylic acids is 1. The van der Waals surface area contributed by atoms with Crippen molar-refractivity contribution in [3.05, 3.63) is 0 Å². The van der Waals surface area contributed by atoms with Crippen molar-refractivity contribution >= 4 is 12.0 Å². The number of nitrogens with one attached hydrogen (secondary N) is 1. The average Bonchev–Trinajstić information content (AvgIpc) is 2.88. The van der Waals surface area contributed by atoms with Crippen molar-refractivity contribution in [1.29, 1.82) is 0 Å². The summed E-state index contributed by atoms with van der Waals surface area (Å²) in [5, 5.41) is 11.9. The van der Waals surface area contributed by atoms with Crippen molar-refractivity contribution in [2.45, 2.75) is 31.3 Å². The Morgan fingerprint density at radius 1 is 1.42 bits per heavy atom. The van der Waals surface area contributed by atoms with Gasteiger partial charge in [0.2, 0.25) is 0 Å². The Labute approximate surface area is 111 Å². The highest BCUT2D eigenvalue weighted by atomic mass is 16.5. The predicted octanol–water partition coefficient (Wildman–Crippen LogP) is 0.0505. The number of morpholine rings is 1. The van der Waals surface area contributed by atoms with Crippen LogP contribution in [-0.2, 0) is 14.3 Å². The third kappa shape index (κ3) is 2.82. The fourth-order valence-electron chi connectivity index (χ4n) is 2.42. The van der Waals surface area contributed by atoms with Gasteiger partial charge in [-0.05, 0) is 6.42 Å². The van der Waals surface area contributed by atoms with E-state index in [-0.39, 0.29) is 18.7 Å². The molecule has 0 aliphatic carbocycles. The summed E-state index contributed by atoms with van der Waals surface area (Å²) in [6.45, 7) is 3.83. The normalized spacial score (nSPS) is 31.2. The van der Waals surface area contributed by atoms with Crippen LogP contribution in [0.5, 0.6) is 0 Å². The minimum Gasteiger partial charge on any atom is -0.479 e. The molecular formula is C12H20N2O5. The third-order valence-corrected chi connectivity index (χ3v) is 3.74. The smallest absolute Gasteiger partial charge is 0.332 e. The minimum absolute atomic E-state index is 0.00177. The van der Waals surface area contributed by atoms with Crippen LogP contribution in [0.3, 0.4) is 0 Å². The first-order valence-corrected chi connectivity index (χ1v) is 6.57. The standard InChI is InChI=1S/C12H20N2O5/c1-2-9-7-18-6-4-14(9)11(17)13-12(10(15)16)3-5-19-8-12/h9H,2-8H2,1H3,(H,13,17)(H,15,16). The number of nitrogens with zero attached hydrogens (tertiary/aromatic N) is 1. The molecule has 7 heteroatoms. The number of hydrogen-bond acceptors (Lipinski definition) is 4. The first-order chi connectivity index (χ1) is 9.09. The molecular weight excluding hydrogens is 252 g/mol. The second-order valence-electron chi connectivity index (χ2n) is 4.95. The van der Waals surface area contributed by atoms with Gasteiger partial charge in [0.1, 0.15) is 0 Å². The van der Waals surface area contributed by atoms with E-state index in [2.05, 4.69) is 5.32 Å². The van der Waals surface area contributed by atoms with Crippen molar-refractivity contribution in [1.82, 2.24) is 10.2 Å². The SMILES string of the molecule is CCC1COCCN1C(=O)NC1(C(=O)O)CCOC1. The van der Waals surface area contributed by atoms with Crippen LogP contribution in [-0.4, -0.2) is 66.6 Å². The van der Waals surface area contributed by atoms with Crippen LogP contribution in [0.25, 0.3) is 0 Å². The number of rotatable bonds is 3. The molecule has 0 saturated carbocycles. The molecule has 108 valence electrons. The van der Waals surface area contributed by atoms with E-state index in [1.165, 1.54) is 0 Å². The Balaban J connectivity index is 2.04. The number of ether oxygens (including phenoxy) is 2. The van der Waals surface area contributed by atoms with Gasteiger partial charge in [0.25, 0.3) is 0 Å². The van der Waals surface area contributed by atoms with Crippen molar-refractivity contribution in [2.75, 3.05) is 33.0 Å². The molecule has 0 aromatic heterocycles. The fraction of sp³-hybridized carbons (Fsp3) is 0.833. The number of urea groups is 1. The number of carbonyl (C=O) groups is 2. The number of carbonyl (C=O) groups excluding carboxylic acids is 1. The van der Waals surface area contributed by atoms with Gasteiger partial charge in [0.05, 0.1) is 25.9 Å². The summed E-state index contributed by atoms with van der Waals surface area (Å²) in [4.78, 5) is 25.3. The highest BCUT2D eigenvalue weighted by Crippen LogP contribution is 2.20. The van der Waals surface area contributed by atoms with E-state index in [0.29, 0.717) is 32.8 Å². The van der Waals surface area contributed by atoms with Crippen molar-refractivity contribution in [3.63, 3.8) is 0 Å². The molecule has 2 aliphatic heterocycles. The van der Waals surface area contributed by atoms with E-state index < -0.39 is 11.5 Å². The van der Waals surface area contributed by atoms with Gasteiger partial charge in [0.15, 0.2) is 5.54 Å². The maximum absolute atomic E-state index is 12.3. The quantitative estimate of drug-likeness (QED) is 0.758. The van der Waals surface area contributed by atoms with E-state index in [4.69, 9.17) is 9.47 Å². The minimum atomic E-state index is -1.28. The Morgan fingerprint density at radius 3 is 2.79 bits per heavy atom. The molecule has 2 aliphatic rings. The van der Waals surface area contributed by atoms with Crippen molar-refractivity contribution < 1.29 is 24.2 Å². The molecule has 7 nitrogen and oxygen atoms in total. The summed E-state index contributed by atoms with van der Waals surface area (Å²) in [6.07, 6.45) is 1.08. The van der Waals surface area contributed by atoms with Gasteiger partial charge >= 0.3 is 12.0 Å². The zero-order valence-corrected chi connectivity index (χ0v) is 11.1. The molecule has 19 heavy (non-hydrogen) atoms. The van der Waals surface area contributed by atoms with Crippen LogP contribution < -0.4 is 5.32 Å². The van der Waals surface area contributed by atoms with E-state index in [9.17, 15) is 14.7 Å². The lowest BCUT2D eigenvalue weighted by Gasteiger charge is -2.37. The Morgan fingerprint density at radius 2 is 2.21 bits per heavy atom. The van der Waals surface area contributed by atoms with Gasteiger partial charge in [-0.1, -0.05) is 6.92 Å². The van der Waals surface area contributed by atoms with Gasteiger partial charge in [-0.15, -0.1) is 0 Å². The van der Waals surface area contributed by atoms with E-state index in [1.807, 2.05) is 6.92 Å². The monoisotopic (exact) mass is 272 g/mol. The second-order valence-corrected chi connectivity index (χ2v) is 4.95. The molecule has 2 atom stereocenters.